The summed E-state index contributed by atoms with van der Waals surface area (Å²) in [6.45, 7) is 14.5. The Morgan fingerprint density at radius 3 is 1.54 bits per heavy atom. The zero-order chi connectivity index (χ0) is 17.0. The van der Waals surface area contributed by atoms with Gasteiger partial charge in [0.15, 0.2) is 0 Å². The largest absolute Gasteiger partial charge is 0.318 e. The smallest absolute Gasteiger partial charge is 0.223 e. The van der Waals surface area contributed by atoms with Crippen LogP contribution in [-0.2, 0) is 4.57 Å². The van der Waals surface area contributed by atoms with E-state index < -0.39 is 7.14 Å². The highest BCUT2D eigenvalue weighted by Gasteiger charge is 2.45. The van der Waals surface area contributed by atoms with Crippen molar-refractivity contribution >= 4 is 12.4 Å². The van der Waals surface area contributed by atoms with Gasteiger partial charge in [-0.05, 0) is 25.7 Å². The monoisotopic (exact) mass is 340 g/mol. The minimum absolute atomic E-state index is 0.128. The molecular weight excluding hydrogens is 315 g/mol. The predicted molar refractivity (Wildman–Crippen MR) is 99.0 cm³/mol. The lowest BCUT2D eigenvalue weighted by atomic mass is 9.95. The fourth-order valence-corrected chi connectivity index (χ4v) is 8.73. The van der Waals surface area contributed by atoms with E-state index in [2.05, 4.69) is 9.69 Å². The second-order valence-electron chi connectivity index (χ2n) is 7.23. The fraction of sp³-hybridized carbons (Fsp3) is 0.600. The molecule has 0 heterocycles. The molecule has 0 radical (unpaired) electrons. The Kier molecular flexibility index (Phi) is 5.43. The van der Waals surface area contributed by atoms with Crippen molar-refractivity contribution in [1.82, 2.24) is 0 Å². The van der Waals surface area contributed by atoms with Crippen molar-refractivity contribution in [1.29, 1.82) is 0 Å². The summed E-state index contributed by atoms with van der Waals surface area (Å²) in [5, 5.41) is 1.03. The van der Waals surface area contributed by atoms with Gasteiger partial charge >= 0.3 is 0 Å². The third-order valence-corrected chi connectivity index (χ3v) is 10.3. The van der Waals surface area contributed by atoms with Gasteiger partial charge in [-0.2, -0.15) is 0 Å². The van der Waals surface area contributed by atoms with E-state index in [4.69, 9.17) is 13.1 Å². The van der Waals surface area contributed by atoms with Gasteiger partial charge in [0.25, 0.3) is 0 Å². The Bertz CT molecular complexity index is 634. The first-order valence-electron chi connectivity index (χ1n) is 9.06. The summed E-state index contributed by atoms with van der Waals surface area (Å²) < 4.78 is 14.4. The molecule has 0 saturated heterocycles. The van der Waals surface area contributed by atoms with Crippen molar-refractivity contribution in [2.45, 2.75) is 74.8 Å². The number of benzene rings is 1. The van der Waals surface area contributed by atoms with Gasteiger partial charge in [0.05, 0.1) is 0 Å². The Balaban J connectivity index is 1.87. The quantitative estimate of drug-likeness (QED) is 0.553. The van der Waals surface area contributed by atoms with Crippen LogP contribution in [0.15, 0.2) is 30.3 Å². The Morgan fingerprint density at radius 2 is 1.17 bits per heavy atom. The van der Waals surface area contributed by atoms with Gasteiger partial charge in [-0.15, -0.1) is 0 Å². The molecule has 1 aromatic rings. The molecular formula is C20H25N2OP. The number of nitrogens with zero attached hydrogens (tertiary/aromatic N) is 2. The van der Waals surface area contributed by atoms with E-state index in [0.717, 1.165) is 56.7 Å². The summed E-state index contributed by atoms with van der Waals surface area (Å²) in [6, 6.07) is 10.3. The van der Waals surface area contributed by atoms with Crippen LogP contribution in [0, 0.1) is 13.1 Å². The molecule has 1 aromatic carbocycles. The van der Waals surface area contributed by atoms with Gasteiger partial charge in [0, 0.05) is 42.3 Å². The van der Waals surface area contributed by atoms with Crippen molar-refractivity contribution in [2.75, 3.05) is 0 Å². The first-order chi connectivity index (χ1) is 11.7. The average molecular weight is 340 g/mol. The molecule has 0 spiro atoms. The molecule has 24 heavy (non-hydrogen) atoms. The number of rotatable bonds is 3. The maximum Gasteiger partial charge on any atom is 0.223 e. The van der Waals surface area contributed by atoms with Crippen molar-refractivity contribution in [3.8, 4) is 0 Å². The van der Waals surface area contributed by atoms with E-state index in [1.54, 1.807) is 0 Å². The minimum Gasteiger partial charge on any atom is -0.318 e. The van der Waals surface area contributed by atoms with Crippen LogP contribution in [0.5, 0.6) is 0 Å². The van der Waals surface area contributed by atoms with Crippen molar-refractivity contribution < 1.29 is 4.57 Å². The highest BCUT2D eigenvalue weighted by Crippen LogP contribution is 2.61. The van der Waals surface area contributed by atoms with Crippen molar-refractivity contribution in [2.24, 2.45) is 0 Å². The normalized spacial score (nSPS) is 32.9. The molecule has 0 aliphatic heterocycles. The van der Waals surface area contributed by atoms with E-state index in [-0.39, 0.29) is 23.4 Å². The first kappa shape index (κ1) is 17.3. The molecule has 2 aliphatic carbocycles. The van der Waals surface area contributed by atoms with Crippen LogP contribution in [0.4, 0.5) is 0 Å². The molecule has 0 bridgehead atoms. The zero-order valence-corrected chi connectivity index (χ0v) is 15.0. The Morgan fingerprint density at radius 1 is 0.750 bits per heavy atom. The van der Waals surface area contributed by atoms with E-state index >= 15 is 0 Å². The summed E-state index contributed by atoms with van der Waals surface area (Å²) in [5.74, 6) is 0. The van der Waals surface area contributed by atoms with Crippen LogP contribution < -0.4 is 5.30 Å². The molecule has 2 fully saturated rings. The maximum absolute atomic E-state index is 14.4. The highest BCUT2D eigenvalue weighted by atomic mass is 31.2. The van der Waals surface area contributed by atoms with Crippen LogP contribution in [0.25, 0.3) is 9.69 Å². The number of hydrogen-bond acceptors (Lipinski definition) is 1. The van der Waals surface area contributed by atoms with Crippen LogP contribution in [0.1, 0.15) is 51.4 Å². The second kappa shape index (κ2) is 7.55. The van der Waals surface area contributed by atoms with E-state index in [9.17, 15) is 4.57 Å². The van der Waals surface area contributed by atoms with Crippen LogP contribution in [0.3, 0.4) is 0 Å². The fourth-order valence-electron chi connectivity index (χ4n) is 4.52. The molecule has 0 aromatic heterocycles. The molecule has 3 nitrogen and oxygen atoms in total. The maximum atomic E-state index is 14.4. The summed E-state index contributed by atoms with van der Waals surface area (Å²) in [6.07, 6.45) is 7.24. The standard InChI is InChI=1S/C20H25N2OP/c1-21-16-8-12-19(13-9-16)24(23,18-6-4-3-5-7-18)20-14-10-17(22-2)11-15-20/h3-7,16-17,19-20H,8-15H2. The molecule has 0 unspecified atom stereocenters. The minimum atomic E-state index is -2.50. The van der Waals surface area contributed by atoms with Gasteiger partial charge in [-0.1, -0.05) is 30.3 Å². The predicted octanol–water partition coefficient (Wildman–Crippen LogP) is 5.14. The molecule has 3 rings (SSSR count). The molecule has 2 aliphatic rings. The molecule has 0 atom stereocenters. The van der Waals surface area contributed by atoms with Gasteiger partial charge in [0.1, 0.15) is 7.14 Å². The van der Waals surface area contributed by atoms with Crippen LogP contribution in [-0.4, -0.2) is 23.4 Å². The third kappa shape index (κ3) is 3.29. The third-order valence-electron chi connectivity index (χ3n) is 5.94. The van der Waals surface area contributed by atoms with E-state index in [1.807, 2.05) is 30.3 Å². The van der Waals surface area contributed by atoms with Gasteiger partial charge in [-0.3, -0.25) is 0 Å². The second-order valence-corrected chi connectivity index (χ2v) is 10.6. The molecule has 0 amide bonds. The average Bonchev–Trinajstić information content (AvgIpc) is 2.68. The molecule has 2 saturated carbocycles. The van der Waals surface area contributed by atoms with Crippen molar-refractivity contribution in [3.05, 3.63) is 53.2 Å². The highest BCUT2D eigenvalue weighted by molar-refractivity contribution is 7.73. The van der Waals surface area contributed by atoms with E-state index in [0.29, 0.717) is 0 Å². The SMILES string of the molecule is [C-]#[N+]C1CCC(P(=O)(c2ccccc2)C2CCC([N+]#[C-])CC2)CC1. The summed E-state index contributed by atoms with van der Waals surface area (Å²) >= 11 is 0. The number of hydrogen-bond donors (Lipinski definition) is 0. The molecule has 4 heteroatoms. The summed E-state index contributed by atoms with van der Waals surface area (Å²) in [7, 11) is -2.50. The van der Waals surface area contributed by atoms with Crippen LogP contribution in [0.2, 0.25) is 0 Å². The molecule has 126 valence electrons. The summed E-state index contributed by atoms with van der Waals surface area (Å²) in [5.41, 5.74) is 0.458. The van der Waals surface area contributed by atoms with Crippen molar-refractivity contribution in [3.63, 3.8) is 0 Å². The van der Waals surface area contributed by atoms with Gasteiger partial charge in [-0.25, -0.2) is 13.1 Å². The lowest BCUT2D eigenvalue weighted by molar-refractivity contribution is 0.437. The van der Waals surface area contributed by atoms with Gasteiger partial charge < -0.3 is 14.3 Å². The Hall–Kier alpha value is -1.57. The van der Waals surface area contributed by atoms with Crippen LogP contribution >= 0.6 is 7.14 Å². The van der Waals surface area contributed by atoms with Gasteiger partial charge in [0.2, 0.25) is 12.1 Å². The lowest BCUT2D eigenvalue weighted by Gasteiger charge is -2.38. The first-order valence-corrected chi connectivity index (χ1v) is 10.9. The van der Waals surface area contributed by atoms with E-state index in [1.165, 1.54) is 0 Å². The molecule has 0 N–H and O–H groups in total. The summed E-state index contributed by atoms with van der Waals surface area (Å²) in [4.78, 5) is 7.39. The zero-order valence-electron chi connectivity index (χ0n) is 14.1. The topological polar surface area (TPSA) is 25.8 Å². The Labute approximate surface area is 145 Å². The lowest BCUT2D eigenvalue weighted by Crippen LogP contribution is -2.33.